The second-order valence-corrected chi connectivity index (χ2v) is 9.30. The number of fused-ring (bicyclic) bond motifs is 2. The first kappa shape index (κ1) is 20.5. The van der Waals surface area contributed by atoms with Crippen LogP contribution < -0.4 is 0 Å². The third-order valence-electron chi connectivity index (χ3n) is 6.13. The molecule has 1 heterocycles. The van der Waals surface area contributed by atoms with Gasteiger partial charge in [-0.15, -0.1) is 0 Å². The number of hydrogen-bond donors (Lipinski definition) is 0. The lowest BCUT2D eigenvalue weighted by atomic mass is 9.74. The van der Waals surface area contributed by atoms with Crippen molar-refractivity contribution in [1.29, 1.82) is 0 Å². The van der Waals surface area contributed by atoms with E-state index in [1.807, 2.05) is 31.7 Å². The lowest BCUT2D eigenvalue weighted by Gasteiger charge is -2.37. The minimum Gasteiger partial charge on any atom is -0.444 e. The number of allylic oxidation sites excluding steroid dienone is 2. The molecule has 3 nitrogen and oxygen atoms in total. The van der Waals surface area contributed by atoms with Crippen molar-refractivity contribution in [1.82, 2.24) is 4.90 Å². The van der Waals surface area contributed by atoms with Crippen molar-refractivity contribution < 1.29 is 9.53 Å². The van der Waals surface area contributed by atoms with Crippen LogP contribution in [-0.4, -0.2) is 29.7 Å². The Bertz CT molecular complexity index is 974. The molecule has 1 amide bonds. The van der Waals surface area contributed by atoms with Crippen molar-refractivity contribution in [2.24, 2.45) is 5.92 Å². The largest absolute Gasteiger partial charge is 0.444 e. The van der Waals surface area contributed by atoms with Gasteiger partial charge in [0.1, 0.15) is 5.60 Å². The minimum atomic E-state index is -0.458. The van der Waals surface area contributed by atoms with Gasteiger partial charge in [-0.1, -0.05) is 61.2 Å². The van der Waals surface area contributed by atoms with E-state index in [2.05, 4.69) is 61.2 Å². The Labute approximate surface area is 180 Å². The number of amides is 1. The number of carbonyl (C=O) groups is 1. The van der Waals surface area contributed by atoms with Gasteiger partial charge in [0.2, 0.25) is 0 Å². The minimum absolute atomic E-state index is 0.196. The zero-order valence-electron chi connectivity index (χ0n) is 18.2. The maximum Gasteiger partial charge on any atom is 0.410 e. The topological polar surface area (TPSA) is 29.5 Å². The molecule has 4 rings (SSSR count). The Morgan fingerprint density at radius 3 is 2.33 bits per heavy atom. The lowest BCUT2D eigenvalue weighted by molar-refractivity contribution is 0.0178. The summed E-state index contributed by atoms with van der Waals surface area (Å²) < 4.78 is 5.59. The highest BCUT2D eigenvalue weighted by atomic mass is 16.6. The molecule has 2 aliphatic rings. The van der Waals surface area contributed by atoms with Gasteiger partial charge in [0, 0.05) is 19.0 Å². The molecule has 3 heteroatoms. The van der Waals surface area contributed by atoms with E-state index >= 15 is 0 Å². The highest BCUT2D eigenvalue weighted by molar-refractivity contribution is 5.91. The second-order valence-electron chi connectivity index (χ2n) is 9.30. The number of hydrogen-bond acceptors (Lipinski definition) is 2. The predicted octanol–water partition coefficient (Wildman–Crippen LogP) is 6.51. The van der Waals surface area contributed by atoms with Crippen molar-refractivity contribution in [2.45, 2.75) is 45.1 Å². The standard InChI is InChI=1S/C27H31NO2/c1-5-19-18-21-10-6-7-12-23(21)25(24-13-9-8-11-22(19)24)20-14-16-28(17-15-20)26(29)30-27(2,3)4/h5-13,18,20,25H,1,14-17H2,2-4H3. The van der Waals surface area contributed by atoms with Crippen LogP contribution in [0.1, 0.15) is 61.8 Å². The van der Waals surface area contributed by atoms with Crippen molar-refractivity contribution in [3.05, 3.63) is 83.4 Å². The van der Waals surface area contributed by atoms with E-state index in [0.717, 1.165) is 25.9 Å². The monoisotopic (exact) mass is 401 g/mol. The van der Waals surface area contributed by atoms with Gasteiger partial charge in [-0.05, 0) is 73.4 Å². The Kier molecular flexibility index (Phi) is 5.55. The smallest absolute Gasteiger partial charge is 0.410 e. The van der Waals surface area contributed by atoms with Gasteiger partial charge in [0.15, 0.2) is 0 Å². The summed E-state index contributed by atoms with van der Waals surface area (Å²) in [6, 6.07) is 17.4. The number of nitrogens with zero attached hydrogens (tertiary/aromatic N) is 1. The first-order chi connectivity index (χ1) is 14.4. The number of rotatable bonds is 2. The van der Waals surface area contributed by atoms with E-state index in [-0.39, 0.29) is 6.09 Å². The van der Waals surface area contributed by atoms with Gasteiger partial charge < -0.3 is 9.64 Å². The average molecular weight is 402 g/mol. The molecule has 1 unspecified atom stereocenters. The summed E-state index contributed by atoms with van der Waals surface area (Å²) in [7, 11) is 0. The van der Waals surface area contributed by atoms with Gasteiger partial charge in [-0.3, -0.25) is 0 Å². The van der Waals surface area contributed by atoms with Crippen LogP contribution in [0.3, 0.4) is 0 Å². The van der Waals surface area contributed by atoms with Crippen molar-refractivity contribution in [3.63, 3.8) is 0 Å². The highest BCUT2D eigenvalue weighted by Gasteiger charge is 2.34. The number of likely N-dealkylation sites (tertiary alicyclic amines) is 1. The number of piperidine rings is 1. The zero-order valence-corrected chi connectivity index (χ0v) is 18.2. The lowest BCUT2D eigenvalue weighted by Crippen LogP contribution is -2.42. The van der Waals surface area contributed by atoms with Crippen LogP contribution >= 0.6 is 0 Å². The van der Waals surface area contributed by atoms with E-state index in [1.165, 1.54) is 27.8 Å². The molecule has 1 aliphatic carbocycles. The summed E-state index contributed by atoms with van der Waals surface area (Å²) in [5.41, 5.74) is 5.99. The van der Waals surface area contributed by atoms with Crippen LogP contribution in [0.4, 0.5) is 4.79 Å². The predicted molar refractivity (Wildman–Crippen MR) is 123 cm³/mol. The Morgan fingerprint density at radius 1 is 1.03 bits per heavy atom. The molecule has 156 valence electrons. The second kappa shape index (κ2) is 8.14. The molecule has 0 aromatic heterocycles. The average Bonchev–Trinajstić information content (AvgIpc) is 2.87. The van der Waals surface area contributed by atoms with Crippen LogP contribution in [0.2, 0.25) is 0 Å². The molecular weight excluding hydrogens is 370 g/mol. The third kappa shape index (κ3) is 4.07. The molecule has 1 saturated heterocycles. The summed E-state index contributed by atoms with van der Waals surface area (Å²) >= 11 is 0. The normalized spacial score (nSPS) is 19.2. The number of carbonyl (C=O) groups excluding carboxylic acids is 1. The van der Waals surface area contributed by atoms with Crippen molar-refractivity contribution >= 4 is 17.7 Å². The first-order valence-electron chi connectivity index (χ1n) is 10.9. The fourth-order valence-corrected chi connectivity index (χ4v) is 4.79. The maximum atomic E-state index is 12.5. The molecule has 0 radical (unpaired) electrons. The number of ether oxygens (including phenoxy) is 1. The van der Waals surface area contributed by atoms with Crippen molar-refractivity contribution in [2.75, 3.05) is 13.1 Å². The molecule has 2 aromatic rings. The summed E-state index contributed by atoms with van der Waals surface area (Å²) in [5.74, 6) is 0.787. The molecule has 0 N–H and O–H groups in total. The summed E-state index contributed by atoms with van der Waals surface area (Å²) in [5, 5.41) is 0. The molecular formula is C27H31NO2. The third-order valence-corrected chi connectivity index (χ3v) is 6.13. The Balaban J connectivity index is 1.64. The van der Waals surface area contributed by atoms with Gasteiger partial charge in [0.05, 0.1) is 0 Å². The van der Waals surface area contributed by atoms with Gasteiger partial charge in [0.25, 0.3) is 0 Å². The van der Waals surface area contributed by atoms with Crippen molar-refractivity contribution in [3.8, 4) is 0 Å². The van der Waals surface area contributed by atoms with E-state index in [1.54, 1.807) is 0 Å². The molecule has 1 fully saturated rings. The van der Waals surface area contributed by atoms with Crippen LogP contribution in [0, 0.1) is 5.92 Å². The Hall–Kier alpha value is -2.81. The molecule has 30 heavy (non-hydrogen) atoms. The van der Waals surface area contributed by atoms with E-state index in [0.29, 0.717) is 11.8 Å². The molecule has 2 aromatic carbocycles. The zero-order chi connectivity index (χ0) is 21.3. The molecule has 1 atom stereocenters. The molecule has 0 spiro atoms. The Morgan fingerprint density at radius 2 is 1.67 bits per heavy atom. The number of benzene rings is 2. The summed E-state index contributed by atoms with van der Waals surface area (Å²) in [6.07, 6.45) is 5.96. The van der Waals surface area contributed by atoms with Crippen LogP contribution in [0.5, 0.6) is 0 Å². The van der Waals surface area contributed by atoms with E-state index < -0.39 is 5.60 Å². The molecule has 0 saturated carbocycles. The summed E-state index contributed by atoms with van der Waals surface area (Å²) in [6.45, 7) is 11.3. The fourth-order valence-electron chi connectivity index (χ4n) is 4.79. The van der Waals surface area contributed by atoms with Crippen LogP contribution in [-0.2, 0) is 4.74 Å². The van der Waals surface area contributed by atoms with E-state index in [9.17, 15) is 4.79 Å². The quantitative estimate of drug-likeness (QED) is 0.574. The van der Waals surface area contributed by atoms with E-state index in [4.69, 9.17) is 4.74 Å². The fraction of sp³-hybridized carbons (Fsp3) is 0.370. The van der Waals surface area contributed by atoms with Gasteiger partial charge >= 0.3 is 6.09 Å². The first-order valence-corrected chi connectivity index (χ1v) is 10.9. The summed E-state index contributed by atoms with van der Waals surface area (Å²) in [4.78, 5) is 14.4. The van der Waals surface area contributed by atoms with Crippen LogP contribution in [0.15, 0.2) is 61.2 Å². The maximum absolute atomic E-state index is 12.5. The highest BCUT2D eigenvalue weighted by Crippen LogP contribution is 2.45. The SMILES string of the molecule is C=CC1=Cc2ccccc2C(C2CCN(C(=O)OC(C)(C)C)CC2)c2ccccc21. The van der Waals surface area contributed by atoms with Gasteiger partial charge in [-0.2, -0.15) is 0 Å². The molecule has 1 aliphatic heterocycles. The van der Waals surface area contributed by atoms with Gasteiger partial charge in [-0.25, -0.2) is 4.79 Å². The molecule has 0 bridgehead atoms. The van der Waals surface area contributed by atoms with Crippen LogP contribution in [0.25, 0.3) is 11.6 Å².